The molecular formula is C9H12F3N3O3. The lowest BCUT2D eigenvalue weighted by molar-refractivity contribution is -0.177. The van der Waals surface area contributed by atoms with Crippen molar-refractivity contribution in [1.82, 2.24) is 15.5 Å². The molecule has 1 fully saturated rings. The Morgan fingerprint density at radius 2 is 2.28 bits per heavy atom. The summed E-state index contributed by atoms with van der Waals surface area (Å²) in [6, 6.07) is -0.260. The highest BCUT2D eigenvalue weighted by Gasteiger charge is 2.29. The molecule has 2 unspecified atom stereocenters. The van der Waals surface area contributed by atoms with Crippen LogP contribution in [0.25, 0.3) is 0 Å². The van der Waals surface area contributed by atoms with E-state index in [0.717, 1.165) is 0 Å². The van der Waals surface area contributed by atoms with Crippen molar-refractivity contribution in [2.45, 2.75) is 31.3 Å². The first-order chi connectivity index (χ1) is 8.44. The minimum Gasteiger partial charge on any atom is -0.392 e. The second kappa shape index (κ2) is 5.21. The predicted octanol–water partition coefficient (Wildman–Crippen LogP) is 0.544. The average Bonchev–Trinajstić information content (AvgIpc) is 2.85. The maximum atomic E-state index is 11.8. The fourth-order valence-electron chi connectivity index (χ4n) is 1.63. The number of aliphatic hydroxyl groups excluding tert-OH is 1. The van der Waals surface area contributed by atoms with Crippen LogP contribution in [0.2, 0.25) is 0 Å². The van der Waals surface area contributed by atoms with Crippen molar-refractivity contribution in [2.75, 3.05) is 13.2 Å². The maximum Gasteiger partial charge on any atom is 0.411 e. The number of aromatic nitrogens is 2. The number of nitrogens with zero attached hydrogens (tertiary/aromatic N) is 2. The summed E-state index contributed by atoms with van der Waals surface area (Å²) >= 11 is 0. The number of hydrogen-bond donors (Lipinski definition) is 2. The largest absolute Gasteiger partial charge is 0.411 e. The van der Waals surface area contributed by atoms with Crippen LogP contribution in [0.15, 0.2) is 4.52 Å². The van der Waals surface area contributed by atoms with Crippen molar-refractivity contribution >= 4 is 0 Å². The molecule has 1 saturated heterocycles. The van der Waals surface area contributed by atoms with Gasteiger partial charge in [0.25, 0.3) is 0 Å². The number of nitrogens with one attached hydrogen (secondary N) is 1. The summed E-state index contributed by atoms with van der Waals surface area (Å²) in [6.07, 6.45) is -4.42. The number of alkyl halides is 3. The van der Waals surface area contributed by atoms with Crippen molar-refractivity contribution in [3.63, 3.8) is 0 Å². The van der Waals surface area contributed by atoms with Gasteiger partial charge in [-0.15, -0.1) is 0 Å². The molecule has 1 aromatic heterocycles. The monoisotopic (exact) mass is 267 g/mol. The number of ether oxygens (including phenoxy) is 1. The molecule has 0 saturated carbocycles. The highest BCUT2D eigenvalue weighted by Crippen LogP contribution is 2.22. The first kappa shape index (κ1) is 13.2. The van der Waals surface area contributed by atoms with Gasteiger partial charge in [-0.25, -0.2) is 0 Å². The van der Waals surface area contributed by atoms with Crippen LogP contribution < -0.4 is 5.32 Å². The van der Waals surface area contributed by atoms with Gasteiger partial charge in [0.05, 0.1) is 12.1 Å². The van der Waals surface area contributed by atoms with Crippen molar-refractivity contribution in [3.05, 3.63) is 11.7 Å². The Morgan fingerprint density at radius 1 is 1.50 bits per heavy atom. The van der Waals surface area contributed by atoms with E-state index in [1.165, 1.54) is 0 Å². The molecule has 0 spiro atoms. The quantitative estimate of drug-likeness (QED) is 0.829. The normalized spacial score (nSPS) is 24.7. The third-order valence-electron chi connectivity index (χ3n) is 2.39. The van der Waals surface area contributed by atoms with Crippen LogP contribution in [0.1, 0.15) is 24.2 Å². The molecular weight excluding hydrogens is 255 g/mol. The van der Waals surface area contributed by atoms with E-state index < -0.39 is 18.9 Å². The third kappa shape index (κ3) is 3.65. The summed E-state index contributed by atoms with van der Waals surface area (Å²) in [5.74, 6) is 0.301. The number of aliphatic hydroxyl groups is 1. The molecule has 6 nitrogen and oxygen atoms in total. The lowest BCUT2D eigenvalue weighted by Gasteiger charge is -2.04. The molecule has 0 aliphatic carbocycles. The van der Waals surface area contributed by atoms with E-state index in [9.17, 15) is 18.3 Å². The first-order valence-electron chi connectivity index (χ1n) is 5.32. The van der Waals surface area contributed by atoms with Crippen molar-refractivity contribution in [2.24, 2.45) is 0 Å². The molecule has 9 heteroatoms. The summed E-state index contributed by atoms with van der Waals surface area (Å²) in [7, 11) is 0. The van der Waals surface area contributed by atoms with Gasteiger partial charge >= 0.3 is 6.18 Å². The van der Waals surface area contributed by atoms with Gasteiger partial charge in [0.2, 0.25) is 5.89 Å². The van der Waals surface area contributed by atoms with E-state index in [-0.39, 0.29) is 24.4 Å². The Bertz CT molecular complexity index is 396. The molecule has 0 radical (unpaired) electrons. The van der Waals surface area contributed by atoms with Crippen LogP contribution in [-0.2, 0) is 11.3 Å². The minimum atomic E-state index is -4.37. The highest BCUT2D eigenvalue weighted by molar-refractivity contribution is 4.96. The summed E-state index contributed by atoms with van der Waals surface area (Å²) in [5.41, 5.74) is 0. The van der Waals surface area contributed by atoms with Crippen LogP contribution in [0.4, 0.5) is 13.2 Å². The van der Waals surface area contributed by atoms with Crippen LogP contribution in [-0.4, -0.2) is 40.7 Å². The van der Waals surface area contributed by atoms with Gasteiger partial charge in [0, 0.05) is 6.54 Å². The number of β-amino-alcohol motifs (C(OH)–C–C–N with tert-alkyl or cyclic N) is 1. The Hall–Kier alpha value is -1.19. The topological polar surface area (TPSA) is 80.4 Å². The van der Waals surface area contributed by atoms with Crippen molar-refractivity contribution in [1.29, 1.82) is 0 Å². The summed E-state index contributed by atoms with van der Waals surface area (Å²) in [5, 5.41) is 15.8. The van der Waals surface area contributed by atoms with Crippen molar-refractivity contribution < 1.29 is 27.5 Å². The standard InChI is InChI=1S/C9H12F3N3O3/c10-9(11,12)4-17-3-7-14-8(18-15-7)6-1-5(16)2-13-6/h5-6,13,16H,1-4H2. The molecule has 2 heterocycles. The Kier molecular flexibility index (Phi) is 3.83. The van der Waals surface area contributed by atoms with Crippen molar-refractivity contribution in [3.8, 4) is 0 Å². The molecule has 1 aliphatic rings. The summed E-state index contributed by atoms with van der Waals surface area (Å²) in [4.78, 5) is 3.90. The lowest BCUT2D eigenvalue weighted by atomic mass is 10.2. The van der Waals surface area contributed by atoms with Gasteiger partial charge in [0.1, 0.15) is 13.2 Å². The molecule has 0 bridgehead atoms. The molecule has 2 rings (SSSR count). The first-order valence-corrected chi connectivity index (χ1v) is 5.32. The smallest absolute Gasteiger partial charge is 0.392 e. The second-order valence-corrected chi connectivity index (χ2v) is 4.01. The number of halogens is 3. The average molecular weight is 267 g/mol. The molecule has 1 aliphatic heterocycles. The fourth-order valence-corrected chi connectivity index (χ4v) is 1.63. The molecule has 2 atom stereocenters. The van der Waals surface area contributed by atoms with Gasteiger partial charge < -0.3 is 19.7 Å². The van der Waals surface area contributed by atoms with Gasteiger partial charge in [-0.3, -0.25) is 0 Å². The van der Waals surface area contributed by atoms with E-state index in [1.807, 2.05) is 0 Å². The molecule has 18 heavy (non-hydrogen) atoms. The van der Waals surface area contributed by atoms with E-state index in [4.69, 9.17) is 4.52 Å². The Labute approximate surface area is 100 Å². The van der Waals surface area contributed by atoms with Gasteiger partial charge in [-0.1, -0.05) is 5.16 Å². The molecule has 0 aromatic carbocycles. The van der Waals surface area contributed by atoms with E-state index >= 15 is 0 Å². The summed E-state index contributed by atoms with van der Waals surface area (Å²) in [6.45, 7) is -1.29. The van der Waals surface area contributed by atoms with Crippen LogP contribution in [0.3, 0.4) is 0 Å². The zero-order valence-electron chi connectivity index (χ0n) is 9.28. The number of hydrogen-bond acceptors (Lipinski definition) is 6. The molecule has 102 valence electrons. The van der Waals surface area contributed by atoms with Gasteiger partial charge in [-0.2, -0.15) is 18.2 Å². The minimum absolute atomic E-state index is 0.0532. The van der Waals surface area contributed by atoms with Gasteiger partial charge in [-0.05, 0) is 6.42 Å². The highest BCUT2D eigenvalue weighted by atomic mass is 19.4. The SMILES string of the molecule is OC1CNC(c2nc(COCC(F)(F)F)no2)C1. The third-order valence-corrected chi connectivity index (χ3v) is 2.39. The summed E-state index contributed by atoms with van der Waals surface area (Å²) < 4.78 is 44.8. The maximum absolute atomic E-state index is 11.8. The van der Waals surface area contributed by atoms with E-state index in [0.29, 0.717) is 13.0 Å². The molecule has 0 amide bonds. The van der Waals surface area contributed by atoms with E-state index in [1.54, 1.807) is 0 Å². The zero-order valence-corrected chi connectivity index (χ0v) is 9.28. The lowest BCUT2D eigenvalue weighted by Crippen LogP contribution is -2.17. The molecule has 2 N–H and O–H groups in total. The van der Waals surface area contributed by atoms with E-state index in [2.05, 4.69) is 20.2 Å². The van der Waals surface area contributed by atoms with Crippen LogP contribution in [0, 0.1) is 0 Å². The Balaban J connectivity index is 1.83. The predicted molar refractivity (Wildman–Crippen MR) is 51.4 cm³/mol. The van der Waals surface area contributed by atoms with Gasteiger partial charge in [0.15, 0.2) is 5.82 Å². The Morgan fingerprint density at radius 3 is 2.89 bits per heavy atom. The fraction of sp³-hybridized carbons (Fsp3) is 0.778. The number of rotatable bonds is 4. The zero-order chi connectivity index (χ0) is 13.2. The van der Waals surface area contributed by atoms with Crippen LogP contribution in [0.5, 0.6) is 0 Å². The molecule has 1 aromatic rings. The second-order valence-electron chi connectivity index (χ2n) is 4.01. The van der Waals surface area contributed by atoms with Crippen LogP contribution >= 0.6 is 0 Å².